The van der Waals surface area contributed by atoms with Gasteiger partial charge in [0.25, 0.3) is 0 Å². The number of halogens is 2. The number of aromatic amines is 2. The zero-order chi connectivity index (χ0) is 22.4. The molecule has 10 nitrogen and oxygen atoms in total. The van der Waals surface area contributed by atoms with E-state index >= 15 is 0 Å². The molecule has 0 amide bonds. The summed E-state index contributed by atoms with van der Waals surface area (Å²) in [6, 6.07) is 3.48. The maximum atomic E-state index is 13.6. The van der Waals surface area contributed by atoms with Gasteiger partial charge in [-0.3, -0.25) is 4.98 Å². The topological polar surface area (TPSA) is 136 Å². The van der Waals surface area contributed by atoms with Crippen molar-refractivity contribution in [3.8, 4) is 5.88 Å². The lowest BCUT2D eigenvalue weighted by molar-refractivity contribution is 0.454. The highest BCUT2D eigenvalue weighted by Gasteiger charge is 2.25. The Morgan fingerprint density at radius 3 is 2.78 bits per heavy atom. The Labute approximate surface area is 179 Å². The first-order chi connectivity index (χ1) is 15.4. The van der Waals surface area contributed by atoms with Crippen molar-refractivity contribution in [1.29, 1.82) is 0 Å². The van der Waals surface area contributed by atoms with Crippen LogP contribution in [0.5, 0.6) is 5.88 Å². The first-order valence-electron chi connectivity index (χ1n) is 10.1. The summed E-state index contributed by atoms with van der Waals surface area (Å²) < 4.78 is 28.6. The molecule has 0 saturated heterocycles. The van der Waals surface area contributed by atoms with Gasteiger partial charge in [-0.1, -0.05) is 6.07 Å². The second-order valence-electron chi connectivity index (χ2n) is 7.75. The Kier molecular flexibility index (Phi) is 4.76. The standard InChI is InChI=1S/C20H20F2N8O2/c1-9(10-2-5-13(21)14(22)6-10)24-18-27-16-11(7-15-17(31)28-20(32)26-15)8-23-30(16)19(29-18)25-12-3-4-12/h2,5-7,9,12,23,31H,3-4,8H2,1H3,(H,24,25,29)(H2,26,28,32). The third-order valence-corrected chi connectivity index (χ3v) is 5.23. The van der Waals surface area contributed by atoms with E-state index in [2.05, 4.69) is 35.7 Å². The van der Waals surface area contributed by atoms with E-state index in [1.54, 1.807) is 17.7 Å². The van der Waals surface area contributed by atoms with E-state index in [9.17, 15) is 18.7 Å². The summed E-state index contributed by atoms with van der Waals surface area (Å²) in [6.45, 7) is 2.16. The molecule has 1 fully saturated rings. The Morgan fingerprint density at radius 1 is 1.28 bits per heavy atom. The van der Waals surface area contributed by atoms with Crippen LogP contribution in [0.25, 0.3) is 11.6 Å². The zero-order valence-electron chi connectivity index (χ0n) is 17.0. The smallest absolute Gasteiger partial charge is 0.326 e. The Balaban J connectivity index is 1.54. The lowest BCUT2D eigenvalue weighted by Gasteiger charge is -2.15. The monoisotopic (exact) mass is 442 g/mol. The van der Waals surface area contributed by atoms with E-state index in [0.717, 1.165) is 25.0 Å². The van der Waals surface area contributed by atoms with Crippen molar-refractivity contribution in [3.05, 3.63) is 63.0 Å². The van der Waals surface area contributed by atoms with Crippen molar-refractivity contribution in [2.75, 3.05) is 17.3 Å². The van der Waals surface area contributed by atoms with Crippen LogP contribution >= 0.6 is 0 Å². The third kappa shape index (κ3) is 3.86. The Morgan fingerprint density at radius 2 is 2.09 bits per heavy atom. The summed E-state index contributed by atoms with van der Waals surface area (Å²) in [5.41, 5.74) is 4.50. The van der Waals surface area contributed by atoms with Crippen molar-refractivity contribution in [2.45, 2.75) is 31.8 Å². The first-order valence-corrected chi connectivity index (χ1v) is 10.1. The van der Waals surface area contributed by atoms with Gasteiger partial charge in [-0.2, -0.15) is 9.97 Å². The highest BCUT2D eigenvalue weighted by Crippen LogP contribution is 2.25. The molecule has 5 N–H and O–H groups in total. The number of imidazole rings is 1. The summed E-state index contributed by atoms with van der Waals surface area (Å²) in [5.74, 6) is -1.36. The second kappa shape index (κ2) is 7.62. The minimum absolute atomic E-state index is 0.192. The molecule has 1 aromatic carbocycles. The quantitative estimate of drug-likeness (QED) is 0.407. The molecule has 5 rings (SSSR count). The number of aromatic nitrogens is 5. The summed E-state index contributed by atoms with van der Waals surface area (Å²) >= 11 is 0. The molecule has 166 valence electrons. The van der Waals surface area contributed by atoms with E-state index < -0.39 is 23.4 Å². The fourth-order valence-corrected chi connectivity index (χ4v) is 3.38. The summed E-state index contributed by atoms with van der Waals surface area (Å²) in [5, 5.41) is 13.0. The van der Waals surface area contributed by atoms with Gasteiger partial charge in [-0.05, 0) is 43.5 Å². The van der Waals surface area contributed by atoms with Crippen molar-refractivity contribution in [3.63, 3.8) is 0 Å². The van der Waals surface area contributed by atoms with Crippen molar-refractivity contribution in [2.24, 2.45) is 4.99 Å². The molecule has 0 radical (unpaired) electrons. The molecular formula is C20H20F2N8O2. The number of hydrogen-bond donors (Lipinski definition) is 5. The lowest BCUT2D eigenvalue weighted by Crippen LogP contribution is -2.32. The fourth-order valence-electron chi connectivity index (χ4n) is 3.38. The molecule has 3 heterocycles. The van der Waals surface area contributed by atoms with Crippen molar-refractivity contribution < 1.29 is 13.9 Å². The highest BCUT2D eigenvalue weighted by atomic mass is 19.2. The SMILES string of the molecule is CC(Nc1nc2n(c(=NC3CC3)n1)NCC2=Cc1[nH]c(=O)[nH]c1O)c1ccc(F)c(F)c1. The van der Waals surface area contributed by atoms with Gasteiger partial charge in [0.05, 0.1) is 18.6 Å². The van der Waals surface area contributed by atoms with Crippen LogP contribution in [0.2, 0.25) is 0 Å². The molecular weight excluding hydrogens is 422 g/mol. The Bertz CT molecular complexity index is 1350. The molecule has 0 bridgehead atoms. The summed E-state index contributed by atoms with van der Waals surface area (Å²) in [6.07, 6.45) is 3.57. The van der Waals surface area contributed by atoms with Gasteiger partial charge in [0.2, 0.25) is 17.4 Å². The van der Waals surface area contributed by atoms with Crippen LogP contribution in [-0.2, 0) is 0 Å². The largest absolute Gasteiger partial charge is 0.493 e. The van der Waals surface area contributed by atoms with Crippen LogP contribution in [0, 0.1) is 11.6 Å². The molecule has 1 unspecified atom stereocenters. The molecule has 1 atom stereocenters. The minimum Gasteiger partial charge on any atom is -0.493 e. The van der Waals surface area contributed by atoms with Crippen molar-refractivity contribution in [1.82, 2.24) is 24.6 Å². The van der Waals surface area contributed by atoms with Crippen LogP contribution in [0.15, 0.2) is 28.0 Å². The molecule has 12 heteroatoms. The maximum Gasteiger partial charge on any atom is 0.326 e. The number of hydrogen-bond acceptors (Lipinski definition) is 7. The normalized spacial score (nSPS) is 18.0. The van der Waals surface area contributed by atoms with Gasteiger partial charge >= 0.3 is 5.69 Å². The van der Waals surface area contributed by atoms with Crippen LogP contribution in [0.1, 0.15) is 42.9 Å². The van der Waals surface area contributed by atoms with E-state index in [1.807, 2.05) is 0 Å². The van der Waals surface area contributed by atoms with Gasteiger partial charge in [0, 0.05) is 5.57 Å². The first kappa shape index (κ1) is 20.0. The molecule has 1 aliphatic carbocycles. The van der Waals surface area contributed by atoms with Gasteiger partial charge in [-0.15, -0.1) is 0 Å². The zero-order valence-corrected chi connectivity index (χ0v) is 17.0. The number of nitrogens with one attached hydrogen (secondary N) is 4. The van der Waals surface area contributed by atoms with Crippen LogP contribution < -0.4 is 22.1 Å². The van der Waals surface area contributed by atoms with E-state index in [-0.39, 0.29) is 23.6 Å². The molecule has 3 aromatic rings. The summed E-state index contributed by atoms with van der Waals surface area (Å²) in [7, 11) is 0. The molecule has 1 aliphatic heterocycles. The molecule has 0 spiro atoms. The number of anilines is 1. The number of rotatable bonds is 5. The number of H-pyrrole nitrogens is 2. The van der Waals surface area contributed by atoms with E-state index in [1.165, 1.54) is 6.07 Å². The molecule has 2 aromatic heterocycles. The highest BCUT2D eigenvalue weighted by molar-refractivity contribution is 5.82. The van der Waals surface area contributed by atoms with Gasteiger partial charge < -0.3 is 20.8 Å². The van der Waals surface area contributed by atoms with Crippen molar-refractivity contribution >= 4 is 17.6 Å². The number of fused-ring (bicyclic) bond motifs is 1. The second-order valence-corrected chi connectivity index (χ2v) is 7.75. The molecule has 2 aliphatic rings. The van der Waals surface area contributed by atoms with Gasteiger partial charge in [0.1, 0.15) is 5.69 Å². The van der Waals surface area contributed by atoms with E-state index in [0.29, 0.717) is 29.1 Å². The van der Waals surface area contributed by atoms with E-state index in [4.69, 9.17) is 0 Å². The summed E-state index contributed by atoms with van der Waals surface area (Å²) in [4.78, 5) is 29.9. The predicted molar refractivity (Wildman–Crippen MR) is 112 cm³/mol. The maximum absolute atomic E-state index is 13.6. The van der Waals surface area contributed by atoms with Gasteiger partial charge in [-0.25, -0.2) is 23.2 Å². The predicted octanol–water partition coefficient (Wildman–Crippen LogP) is 1.61. The fraction of sp³-hybridized carbons (Fsp3) is 0.300. The van der Waals surface area contributed by atoms with Crippen LogP contribution in [0.4, 0.5) is 14.7 Å². The average Bonchev–Trinajstić information content (AvgIpc) is 3.38. The number of benzene rings is 1. The van der Waals surface area contributed by atoms with Crippen LogP contribution in [0.3, 0.4) is 0 Å². The average molecular weight is 442 g/mol. The number of nitrogens with zero attached hydrogens (tertiary/aromatic N) is 4. The van der Waals surface area contributed by atoms with Gasteiger partial charge in [0.15, 0.2) is 17.5 Å². The molecule has 32 heavy (non-hydrogen) atoms. The lowest BCUT2D eigenvalue weighted by atomic mass is 10.1. The molecule has 1 saturated carbocycles. The Hall–Kier alpha value is -3.96. The van der Waals surface area contributed by atoms with Crippen LogP contribution in [-0.4, -0.2) is 42.3 Å². The number of aromatic hydroxyl groups is 1. The third-order valence-electron chi connectivity index (χ3n) is 5.23. The minimum atomic E-state index is -0.930.